The highest BCUT2D eigenvalue weighted by molar-refractivity contribution is 7.99. The van der Waals surface area contributed by atoms with Crippen molar-refractivity contribution in [2.24, 2.45) is 0 Å². The molecule has 5 rings (SSSR count). The Morgan fingerprint density at radius 2 is 1.71 bits per heavy atom. The van der Waals surface area contributed by atoms with Crippen LogP contribution in [0.1, 0.15) is 11.1 Å². The molecule has 0 saturated heterocycles. The highest BCUT2D eigenvalue weighted by Gasteiger charge is 2.34. The molecule has 1 aliphatic rings. The second-order valence-electron chi connectivity index (χ2n) is 7.99. The van der Waals surface area contributed by atoms with Crippen LogP contribution in [0.15, 0.2) is 78.2 Å². The van der Waals surface area contributed by atoms with E-state index in [2.05, 4.69) is 15.2 Å². The summed E-state index contributed by atoms with van der Waals surface area (Å²) in [6, 6.07) is 17.6. The van der Waals surface area contributed by atoms with Gasteiger partial charge in [0.15, 0.2) is 11.0 Å². The van der Waals surface area contributed by atoms with Crippen LogP contribution in [0.4, 0.5) is 0 Å². The van der Waals surface area contributed by atoms with Crippen LogP contribution < -0.4 is 0 Å². The predicted molar refractivity (Wildman–Crippen MR) is 132 cm³/mol. The summed E-state index contributed by atoms with van der Waals surface area (Å²) in [6.45, 7) is 0.263. The van der Waals surface area contributed by atoms with Crippen LogP contribution in [0.2, 0.25) is 5.02 Å². The lowest BCUT2D eigenvalue weighted by molar-refractivity contribution is -0.150. The standard InChI is InChI=1S/C25H20ClN5O3S/c26-19-5-7-20(8-6-19)31-23(16-9-11-27-12-10-16)28-29-25(31)35-15-22(32)30-14-18-4-2-1-3-17(18)13-21(30)24(33)34/h1-12,21H,13-15H2,(H,33,34). The number of hydrogen-bond acceptors (Lipinski definition) is 6. The Labute approximate surface area is 210 Å². The van der Waals surface area contributed by atoms with E-state index >= 15 is 0 Å². The van der Waals surface area contributed by atoms with Crippen LogP contribution in [0, 0.1) is 0 Å². The van der Waals surface area contributed by atoms with Gasteiger partial charge in [0.25, 0.3) is 0 Å². The van der Waals surface area contributed by atoms with Crippen molar-refractivity contribution in [1.82, 2.24) is 24.6 Å². The molecule has 1 atom stereocenters. The molecule has 0 spiro atoms. The van der Waals surface area contributed by atoms with E-state index in [0.29, 0.717) is 16.0 Å². The first-order valence-electron chi connectivity index (χ1n) is 10.8. The normalized spacial score (nSPS) is 15.0. The third kappa shape index (κ3) is 4.78. The number of hydrogen-bond donors (Lipinski definition) is 1. The van der Waals surface area contributed by atoms with Crippen LogP contribution >= 0.6 is 23.4 Å². The zero-order valence-corrected chi connectivity index (χ0v) is 20.0. The summed E-state index contributed by atoms with van der Waals surface area (Å²) in [6.07, 6.45) is 3.63. The van der Waals surface area contributed by atoms with Gasteiger partial charge >= 0.3 is 5.97 Å². The number of halogens is 1. The van der Waals surface area contributed by atoms with E-state index in [1.807, 2.05) is 53.1 Å². The van der Waals surface area contributed by atoms with Crippen molar-refractivity contribution >= 4 is 35.2 Å². The van der Waals surface area contributed by atoms with E-state index in [9.17, 15) is 14.7 Å². The summed E-state index contributed by atoms with van der Waals surface area (Å²) in [5.74, 6) is -0.663. The first-order chi connectivity index (χ1) is 17.0. The van der Waals surface area contributed by atoms with Crippen molar-refractivity contribution in [3.8, 4) is 17.1 Å². The highest BCUT2D eigenvalue weighted by atomic mass is 35.5. The molecule has 4 aromatic rings. The minimum atomic E-state index is -1.01. The molecule has 3 heterocycles. The summed E-state index contributed by atoms with van der Waals surface area (Å²) >= 11 is 7.30. The zero-order valence-electron chi connectivity index (χ0n) is 18.4. The molecule has 1 unspecified atom stereocenters. The lowest BCUT2D eigenvalue weighted by atomic mass is 9.94. The molecular weight excluding hydrogens is 486 g/mol. The molecule has 176 valence electrons. The van der Waals surface area contributed by atoms with Gasteiger partial charge in [0.05, 0.1) is 5.75 Å². The monoisotopic (exact) mass is 505 g/mol. The summed E-state index contributed by atoms with van der Waals surface area (Å²) in [5.41, 5.74) is 3.53. The third-order valence-electron chi connectivity index (χ3n) is 5.84. The Kier molecular flexibility index (Phi) is 6.52. The number of aliphatic carboxylic acids is 1. The number of nitrogens with zero attached hydrogens (tertiary/aromatic N) is 5. The quantitative estimate of drug-likeness (QED) is 0.393. The number of pyridine rings is 1. The van der Waals surface area contributed by atoms with E-state index in [-0.39, 0.29) is 24.6 Å². The molecular formula is C25H20ClN5O3S. The van der Waals surface area contributed by atoms with Crippen molar-refractivity contribution in [1.29, 1.82) is 0 Å². The van der Waals surface area contributed by atoms with E-state index in [0.717, 1.165) is 22.4 Å². The van der Waals surface area contributed by atoms with Gasteiger partial charge in [0, 0.05) is 41.6 Å². The van der Waals surface area contributed by atoms with Crippen LogP contribution in [0.3, 0.4) is 0 Å². The van der Waals surface area contributed by atoms with Gasteiger partial charge in [-0.25, -0.2) is 4.79 Å². The average Bonchev–Trinajstić information content (AvgIpc) is 3.31. The molecule has 1 amide bonds. The molecule has 0 saturated carbocycles. The van der Waals surface area contributed by atoms with E-state index in [1.54, 1.807) is 24.5 Å². The number of aromatic nitrogens is 4. The number of carboxylic acid groups (broad SMARTS) is 1. The summed E-state index contributed by atoms with van der Waals surface area (Å²) in [4.78, 5) is 30.7. The van der Waals surface area contributed by atoms with Crippen molar-refractivity contribution < 1.29 is 14.7 Å². The van der Waals surface area contributed by atoms with Gasteiger partial charge < -0.3 is 10.0 Å². The SMILES string of the molecule is O=C(O)C1Cc2ccccc2CN1C(=O)CSc1nnc(-c2ccncc2)n1-c1ccc(Cl)cc1. The fourth-order valence-electron chi connectivity index (χ4n) is 4.09. The van der Waals surface area contributed by atoms with Crippen LogP contribution in [-0.4, -0.2) is 53.4 Å². The zero-order chi connectivity index (χ0) is 24.4. The number of rotatable bonds is 6. The van der Waals surface area contributed by atoms with E-state index in [4.69, 9.17) is 11.6 Å². The number of carboxylic acids is 1. The fraction of sp³-hybridized carbons (Fsp3) is 0.160. The van der Waals surface area contributed by atoms with Crippen molar-refractivity contribution in [3.05, 3.63) is 89.2 Å². The number of fused-ring (bicyclic) bond motifs is 1. The van der Waals surface area contributed by atoms with Gasteiger partial charge in [-0.05, 0) is 47.5 Å². The van der Waals surface area contributed by atoms with E-state index in [1.165, 1.54) is 16.7 Å². The van der Waals surface area contributed by atoms with Gasteiger partial charge in [-0.3, -0.25) is 14.3 Å². The molecule has 10 heteroatoms. The van der Waals surface area contributed by atoms with Gasteiger partial charge in [0.2, 0.25) is 5.91 Å². The summed E-state index contributed by atoms with van der Waals surface area (Å²) in [7, 11) is 0. The molecule has 0 fully saturated rings. The molecule has 35 heavy (non-hydrogen) atoms. The van der Waals surface area contributed by atoms with Gasteiger partial charge in [-0.1, -0.05) is 47.6 Å². The van der Waals surface area contributed by atoms with Crippen LogP contribution in [-0.2, 0) is 22.6 Å². The molecule has 0 radical (unpaired) electrons. The molecule has 1 aliphatic heterocycles. The number of carbonyl (C=O) groups excluding carboxylic acids is 1. The molecule has 2 aromatic carbocycles. The van der Waals surface area contributed by atoms with Gasteiger partial charge in [-0.15, -0.1) is 10.2 Å². The van der Waals surface area contributed by atoms with Crippen LogP contribution in [0.5, 0.6) is 0 Å². The molecule has 2 aromatic heterocycles. The van der Waals surface area contributed by atoms with Crippen molar-refractivity contribution in [2.45, 2.75) is 24.2 Å². The van der Waals surface area contributed by atoms with E-state index < -0.39 is 12.0 Å². The third-order valence-corrected chi connectivity index (χ3v) is 7.00. The molecule has 0 aliphatic carbocycles. The Morgan fingerprint density at radius 3 is 2.43 bits per heavy atom. The number of carbonyl (C=O) groups is 2. The topological polar surface area (TPSA) is 101 Å². The Hall–Kier alpha value is -3.69. The fourth-order valence-corrected chi connectivity index (χ4v) is 5.05. The van der Waals surface area contributed by atoms with Crippen molar-refractivity contribution in [2.75, 3.05) is 5.75 Å². The predicted octanol–water partition coefficient (Wildman–Crippen LogP) is 4.11. The highest BCUT2D eigenvalue weighted by Crippen LogP contribution is 2.30. The minimum Gasteiger partial charge on any atom is -0.480 e. The second-order valence-corrected chi connectivity index (χ2v) is 9.37. The van der Waals surface area contributed by atoms with Crippen molar-refractivity contribution in [3.63, 3.8) is 0 Å². The maximum absolute atomic E-state index is 13.2. The summed E-state index contributed by atoms with van der Waals surface area (Å²) in [5, 5.41) is 19.6. The molecule has 1 N–H and O–H groups in total. The van der Waals surface area contributed by atoms with Gasteiger partial charge in [-0.2, -0.15) is 0 Å². The lowest BCUT2D eigenvalue weighted by Crippen LogP contribution is -2.49. The average molecular weight is 506 g/mol. The van der Waals surface area contributed by atoms with Crippen LogP contribution in [0.25, 0.3) is 17.1 Å². The summed E-state index contributed by atoms with van der Waals surface area (Å²) < 4.78 is 1.85. The first kappa shape index (κ1) is 23.1. The largest absolute Gasteiger partial charge is 0.480 e. The lowest BCUT2D eigenvalue weighted by Gasteiger charge is -2.34. The maximum atomic E-state index is 13.2. The minimum absolute atomic E-state index is 0.0218. The van der Waals surface area contributed by atoms with Gasteiger partial charge in [0.1, 0.15) is 6.04 Å². The molecule has 8 nitrogen and oxygen atoms in total. The Balaban J connectivity index is 1.42. The Bertz CT molecular complexity index is 1380. The number of amides is 1. The smallest absolute Gasteiger partial charge is 0.326 e. The molecule has 0 bridgehead atoms. The first-order valence-corrected chi connectivity index (χ1v) is 12.2. The number of thioether (sulfide) groups is 1. The Morgan fingerprint density at radius 1 is 1.00 bits per heavy atom. The second kappa shape index (κ2) is 9.89. The number of benzene rings is 2. The maximum Gasteiger partial charge on any atom is 0.326 e.